The van der Waals surface area contributed by atoms with Crippen LogP contribution in [0.2, 0.25) is 0 Å². The highest BCUT2D eigenvalue weighted by molar-refractivity contribution is 6.63. The van der Waals surface area contributed by atoms with Crippen molar-refractivity contribution in [1.29, 1.82) is 0 Å². The van der Waals surface area contributed by atoms with Gasteiger partial charge in [0.1, 0.15) is 5.69 Å². The van der Waals surface area contributed by atoms with Crippen LogP contribution in [0.15, 0.2) is 18.3 Å². The number of hydrogen-bond donors (Lipinski definition) is 0. The maximum absolute atomic E-state index is 13.4. The first-order valence-corrected chi connectivity index (χ1v) is 8.00. The third kappa shape index (κ3) is 2.93. The molecule has 0 spiro atoms. The van der Waals surface area contributed by atoms with Crippen molar-refractivity contribution in [3.8, 4) is 0 Å². The number of likely N-dealkylation sites (tertiary alicyclic amines) is 1. The van der Waals surface area contributed by atoms with Gasteiger partial charge in [-0.25, -0.2) is 8.78 Å². The smallest absolute Gasteiger partial charge is 0.399 e. The van der Waals surface area contributed by atoms with Crippen LogP contribution in [-0.4, -0.2) is 53.1 Å². The lowest BCUT2D eigenvalue weighted by atomic mass is 9.77. The van der Waals surface area contributed by atoms with Crippen molar-refractivity contribution < 1.29 is 22.9 Å². The van der Waals surface area contributed by atoms with Crippen molar-refractivity contribution in [3.63, 3.8) is 0 Å². The van der Waals surface area contributed by atoms with E-state index in [4.69, 9.17) is 9.31 Å². The standard InChI is InChI=1S/C16H21BF2N2O3/c1-14(2)15(3,4)24-17(23-14)11-6-5-8-20-12(11)13(22)21-9-7-16(18,19)10-21/h5-6,8H,7,9-10H2,1-4H3. The van der Waals surface area contributed by atoms with Gasteiger partial charge in [-0.3, -0.25) is 9.78 Å². The molecule has 2 aliphatic rings. The summed E-state index contributed by atoms with van der Waals surface area (Å²) in [7, 11) is -0.759. The lowest BCUT2D eigenvalue weighted by Gasteiger charge is -2.32. The molecule has 2 saturated heterocycles. The first kappa shape index (κ1) is 17.3. The second-order valence-electron chi connectivity index (χ2n) is 7.36. The van der Waals surface area contributed by atoms with Gasteiger partial charge < -0.3 is 14.2 Å². The molecule has 1 aromatic heterocycles. The highest BCUT2D eigenvalue weighted by atomic mass is 19.3. The van der Waals surface area contributed by atoms with Gasteiger partial charge in [0, 0.05) is 24.6 Å². The zero-order chi connectivity index (χ0) is 17.8. The fraction of sp³-hybridized carbons (Fsp3) is 0.625. The summed E-state index contributed by atoms with van der Waals surface area (Å²) in [5.41, 5.74) is -0.548. The molecule has 24 heavy (non-hydrogen) atoms. The molecule has 130 valence electrons. The summed E-state index contributed by atoms with van der Waals surface area (Å²) in [6.45, 7) is 7.08. The predicted molar refractivity (Wildman–Crippen MR) is 85.4 cm³/mol. The quantitative estimate of drug-likeness (QED) is 0.773. The van der Waals surface area contributed by atoms with Crippen LogP contribution in [0.5, 0.6) is 0 Å². The first-order valence-electron chi connectivity index (χ1n) is 8.00. The normalized spacial score (nSPS) is 24.4. The molecule has 0 saturated carbocycles. The van der Waals surface area contributed by atoms with Crippen molar-refractivity contribution in [1.82, 2.24) is 9.88 Å². The van der Waals surface area contributed by atoms with E-state index in [9.17, 15) is 13.6 Å². The Bertz CT molecular complexity index is 650. The summed E-state index contributed by atoms with van der Waals surface area (Å²) in [6, 6.07) is 3.37. The van der Waals surface area contributed by atoms with Crippen LogP contribution in [0.4, 0.5) is 8.78 Å². The van der Waals surface area contributed by atoms with Crippen LogP contribution in [-0.2, 0) is 9.31 Å². The van der Waals surface area contributed by atoms with Gasteiger partial charge in [0.25, 0.3) is 11.8 Å². The molecule has 0 aromatic carbocycles. The Hall–Kier alpha value is -1.54. The molecule has 5 nitrogen and oxygen atoms in total. The van der Waals surface area contributed by atoms with Crippen LogP contribution in [0.3, 0.4) is 0 Å². The highest BCUT2D eigenvalue weighted by Gasteiger charge is 2.53. The van der Waals surface area contributed by atoms with Gasteiger partial charge in [-0.05, 0) is 33.8 Å². The van der Waals surface area contributed by atoms with Crippen molar-refractivity contribution >= 4 is 18.5 Å². The summed E-state index contributed by atoms with van der Waals surface area (Å²) in [4.78, 5) is 17.9. The van der Waals surface area contributed by atoms with E-state index in [1.54, 1.807) is 12.1 Å². The number of aromatic nitrogens is 1. The van der Waals surface area contributed by atoms with Gasteiger partial charge >= 0.3 is 7.12 Å². The molecule has 2 aliphatic heterocycles. The van der Waals surface area contributed by atoms with E-state index >= 15 is 0 Å². The second-order valence-corrected chi connectivity index (χ2v) is 7.36. The number of amides is 1. The minimum Gasteiger partial charge on any atom is -0.399 e. The van der Waals surface area contributed by atoms with Crippen molar-refractivity contribution in [2.45, 2.75) is 51.2 Å². The van der Waals surface area contributed by atoms with Crippen LogP contribution in [0, 0.1) is 0 Å². The van der Waals surface area contributed by atoms with Crippen LogP contribution >= 0.6 is 0 Å². The number of nitrogens with zero attached hydrogens (tertiary/aromatic N) is 2. The topological polar surface area (TPSA) is 51.7 Å². The van der Waals surface area contributed by atoms with Crippen molar-refractivity contribution in [3.05, 3.63) is 24.0 Å². The Labute approximate surface area is 140 Å². The number of hydrogen-bond acceptors (Lipinski definition) is 4. The predicted octanol–water partition coefficient (Wildman–Crippen LogP) is 1.86. The SMILES string of the molecule is CC1(C)OB(c2cccnc2C(=O)N2CCC(F)(F)C2)OC1(C)C. The molecule has 0 bridgehead atoms. The number of pyridine rings is 1. The van der Waals surface area contributed by atoms with Gasteiger partial charge in [0.15, 0.2) is 0 Å². The average molecular weight is 338 g/mol. The lowest BCUT2D eigenvalue weighted by Crippen LogP contribution is -2.42. The number of alkyl halides is 2. The third-order valence-corrected chi connectivity index (χ3v) is 5.01. The first-order chi connectivity index (χ1) is 11.0. The Balaban J connectivity index is 1.89. The zero-order valence-corrected chi connectivity index (χ0v) is 14.3. The van der Waals surface area contributed by atoms with E-state index in [2.05, 4.69) is 4.98 Å². The molecule has 3 heterocycles. The van der Waals surface area contributed by atoms with E-state index < -0.39 is 36.7 Å². The molecule has 3 rings (SSSR count). The molecular weight excluding hydrogens is 317 g/mol. The molecule has 0 aliphatic carbocycles. The van der Waals surface area contributed by atoms with Gasteiger partial charge in [-0.1, -0.05) is 6.07 Å². The third-order valence-electron chi connectivity index (χ3n) is 5.01. The number of rotatable bonds is 2. The van der Waals surface area contributed by atoms with E-state index in [0.717, 1.165) is 4.90 Å². The number of halogens is 2. The van der Waals surface area contributed by atoms with Gasteiger partial charge in [-0.15, -0.1) is 0 Å². The molecule has 8 heteroatoms. The zero-order valence-electron chi connectivity index (χ0n) is 14.3. The Kier molecular flexibility index (Phi) is 3.96. The summed E-state index contributed by atoms with van der Waals surface area (Å²) >= 11 is 0. The van der Waals surface area contributed by atoms with Crippen LogP contribution < -0.4 is 5.46 Å². The van der Waals surface area contributed by atoms with Gasteiger partial charge in [0.05, 0.1) is 17.7 Å². The Morgan fingerprint density at radius 1 is 1.25 bits per heavy atom. The van der Waals surface area contributed by atoms with Crippen LogP contribution in [0.25, 0.3) is 0 Å². The molecule has 0 unspecified atom stereocenters. The fourth-order valence-corrected chi connectivity index (χ4v) is 2.82. The summed E-state index contributed by atoms with van der Waals surface area (Å²) in [5.74, 6) is -3.35. The maximum atomic E-state index is 13.4. The van der Waals surface area contributed by atoms with Gasteiger partial charge in [0.2, 0.25) is 0 Å². The molecular formula is C16H21BF2N2O3. The number of carbonyl (C=O) groups excluding carboxylic acids is 1. The van der Waals surface area contributed by atoms with Crippen molar-refractivity contribution in [2.24, 2.45) is 0 Å². The molecule has 1 aromatic rings. The minimum absolute atomic E-state index is 0.0191. The van der Waals surface area contributed by atoms with E-state index in [-0.39, 0.29) is 18.7 Å². The summed E-state index contributed by atoms with van der Waals surface area (Å²) < 4.78 is 38.8. The molecule has 2 fully saturated rings. The number of carbonyl (C=O) groups is 1. The fourth-order valence-electron chi connectivity index (χ4n) is 2.82. The summed E-state index contributed by atoms with van der Waals surface area (Å²) in [5, 5.41) is 0. The Morgan fingerprint density at radius 2 is 1.88 bits per heavy atom. The molecule has 0 N–H and O–H groups in total. The highest BCUT2D eigenvalue weighted by Crippen LogP contribution is 2.36. The van der Waals surface area contributed by atoms with E-state index in [0.29, 0.717) is 5.46 Å². The van der Waals surface area contributed by atoms with Crippen molar-refractivity contribution in [2.75, 3.05) is 13.1 Å². The van der Waals surface area contributed by atoms with Crippen LogP contribution in [0.1, 0.15) is 44.6 Å². The molecule has 1 amide bonds. The summed E-state index contributed by atoms with van der Waals surface area (Å²) in [6.07, 6.45) is 1.15. The largest absolute Gasteiger partial charge is 0.497 e. The molecule has 0 radical (unpaired) electrons. The van der Waals surface area contributed by atoms with E-state index in [1.165, 1.54) is 6.20 Å². The lowest BCUT2D eigenvalue weighted by molar-refractivity contribution is 0.00578. The average Bonchev–Trinajstić information content (AvgIpc) is 2.95. The minimum atomic E-state index is -2.84. The monoisotopic (exact) mass is 338 g/mol. The van der Waals surface area contributed by atoms with E-state index in [1.807, 2.05) is 27.7 Å². The maximum Gasteiger partial charge on any atom is 0.497 e. The van der Waals surface area contributed by atoms with Gasteiger partial charge in [-0.2, -0.15) is 0 Å². The Morgan fingerprint density at radius 3 is 2.42 bits per heavy atom. The second kappa shape index (κ2) is 5.49. The molecule has 0 atom stereocenters.